The van der Waals surface area contributed by atoms with Gasteiger partial charge in [-0.2, -0.15) is 11.8 Å². The number of nitro groups is 1. The van der Waals surface area contributed by atoms with E-state index >= 15 is 0 Å². The fraction of sp³-hybridized carbons (Fsp3) is 0.600. The predicted molar refractivity (Wildman–Crippen MR) is 87.0 cm³/mol. The van der Waals surface area contributed by atoms with Crippen molar-refractivity contribution in [3.05, 3.63) is 33.9 Å². The maximum absolute atomic E-state index is 10.9. The van der Waals surface area contributed by atoms with E-state index in [0.29, 0.717) is 6.10 Å². The third kappa shape index (κ3) is 4.89. The van der Waals surface area contributed by atoms with Crippen LogP contribution in [0.15, 0.2) is 18.2 Å². The number of nitrogens with one attached hydrogen (secondary N) is 1. The highest BCUT2D eigenvalue weighted by Gasteiger charge is 2.16. The zero-order valence-electron chi connectivity index (χ0n) is 12.3. The number of rotatable bonds is 8. The largest absolute Gasteiger partial charge is 0.385 e. The van der Waals surface area contributed by atoms with E-state index in [2.05, 4.69) is 12.2 Å². The van der Waals surface area contributed by atoms with Gasteiger partial charge in [0.2, 0.25) is 0 Å². The first-order valence-corrected chi connectivity index (χ1v) is 8.56. The van der Waals surface area contributed by atoms with Crippen molar-refractivity contribution >= 4 is 23.1 Å². The molecule has 5 nitrogen and oxygen atoms in total. The van der Waals surface area contributed by atoms with Crippen molar-refractivity contribution in [2.24, 2.45) is 0 Å². The van der Waals surface area contributed by atoms with Crippen LogP contribution in [0.5, 0.6) is 0 Å². The van der Waals surface area contributed by atoms with Gasteiger partial charge >= 0.3 is 0 Å². The first-order chi connectivity index (χ1) is 10.2. The van der Waals surface area contributed by atoms with Crippen molar-refractivity contribution in [3.8, 4) is 0 Å². The molecule has 1 aliphatic heterocycles. The van der Waals surface area contributed by atoms with Gasteiger partial charge in [-0.3, -0.25) is 10.1 Å². The molecule has 0 spiro atoms. The van der Waals surface area contributed by atoms with Crippen LogP contribution in [0.3, 0.4) is 0 Å². The molecule has 1 aromatic rings. The van der Waals surface area contributed by atoms with Crippen LogP contribution in [0.1, 0.15) is 31.7 Å². The van der Waals surface area contributed by atoms with Crippen molar-refractivity contribution in [1.29, 1.82) is 0 Å². The molecule has 116 valence electrons. The monoisotopic (exact) mass is 310 g/mol. The second kappa shape index (κ2) is 8.24. The Morgan fingerprint density at radius 2 is 2.38 bits per heavy atom. The lowest BCUT2D eigenvalue weighted by Crippen LogP contribution is -2.08. The van der Waals surface area contributed by atoms with Gasteiger partial charge in [0.15, 0.2) is 0 Å². The first-order valence-electron chi connectivity index (χ1n) is 7.41. The Hall–Kier alpha value is -1.27. The quantitative estimate of drug-likeness (QED) is 0.584. The number of hydrogen-bond donors (Lipinski definition) is 1. The van der Waals surface area contributed by atoms with Gasteiger partial charge in [0.25, 0.3) is 5.69 Å². The molecule has 6 heteroatoms. The molecule has 1 unspecified atom stereocenters. The Morgan fingerprint density at radius 3 is 3.05 bits per heavy atom. The number of ether oxygens (including phenoxy) is 1. The molecule has 0 saturated carbocycles. The van der Waals surface area contributed by atoms with Crippen molar-refractivity contribution in [2.45, 2.75) is 38.0 Å². The summed E-state index contributed by atoms with van der Waals surface area (Å²) in [4.78, 5) is 10.6. The molecule has 0 bridgehead atoms. The molecule has 1 saturated heterocycles. The zero-order valence-corrected chi connectivity index (χ0v) is 13.2. The van der Waals surface area contributed by atoms with Crippen molar-refractivity contribution in [2.75, 3.05) is 24.2 Å². The van der Waals surface area contributed by atoms with E-state index < -0.39 is 0 Å². The highest BCUT2D eigenvalue weighted by molar-refractivity contribution is 7.98. The van der Waals surface area contributed by atoms with E-state index in [1.165, 1.54) is 0 Å². The molecular weight excluding hydrogens is 288 g/mol. The number of anilines is 1. The van der Waals surface area contributed by atoms with Crippen molar-refractivity contribution in [3.63, 3.8) is 0 Å². The Balaban J connectivity index is 1.98. The summed E-state index contributed by atoms with van der Waals surface area (Å²) >= 11 is 1.78. The fourth-order valence-electron chi connectivity index (χ4n) is 2.32. The smallest absolute Gasteiger partial charge is 0.269 e. The van der Waals surface area contributed by atoms with E-state index in [1.54, 1.807) is 23.9 Å². The van der Waals surface area contributed by atoms with Crippen LogP contribution in [-0.2, 0) is 10.5 Å². The normalized spacial score (nSPS) is 17.9. The van der Waals surface area contributed by atoms with Gasteiger partial charge in [-0.25, -0.2) is 0 Å². The standard InChI is InChI=1S/C15H22N2O3S/c1-2-7-16-15-6-5-13(17(18)19)9-12(15)10-21-11-14-4-3-8-20-14/h5-6,9,14,16H,2-4,7-8,10-11H2,1H3. The predicted octanol–water partition coefficient (Wildman–Crippen LogP) is 3.83. The highest BCUT2D eigenvalue weighted by atomic mass is 32.2. The van der Waals surface area contributed by atoms with E-state index in [1.807, 2.05) is 6.07 Å². The van der Waals surface area contributed by atoms with Gasteiger partial charge in [0, 0.05) is 42.5 Å². The molecule has 1 N–H and O–H groups in total. The Bertz CT molecular complexity index is 476. The lowest BCUT2D eigenvalue weighted by Gasteiger charge is -2.13. The molecule has 0 aliphatic carbocycles. The van der Waals surface area contributed by atoms with Crippen molar-refractivity contribution < 1.29 is 9.66 Å². The van der Waals surface area contributed by atoms with Crippen LogP contribution >= 0.6 is 11.8 Å². The minimum atomic E-state index is -0.335. The van der Waals surface area contributed by atoms with Gasteiger partial charge < -0.3 is 10.1 Å². The third-order valence-corrected chi connectivity index (χ3v) is 4.57. The highest BCUT2D eigenvalue weighted by Crippen LogP contribution is 2.27. The van der Waals surface area contributed by atoms with Crippen LogP contribution in [0.25, 0.3) is 0 Å². The van der Waals surface area contributed by atoms with Crippen LogP contribution in [-0.4, -0.2) is 29.9 Å². The second-order valence-corrected chi connectivity index (χ2v) is 6.21. The summed E-state index contributed by atoms with van der Waals surface area (Å²) in [5, 5.41) is 14.3. The summed E-state index contributed by atoms with van der Waals surface area (Å²) in [6.07, 6.45) is 3.65. The van der Waals surface area contributed by atoms with Gasteiger partial charge in [0.05, 0.1) is 11.0 Å². The fourth-order valence-corrected chi connectivity index (χ4v) is 3.42. The molecule has 1 fully saturated rings. The summed E-state index contributed by atoms with van der Waals surface area (Å²) in [6.45, 7) is 3.84. The number of nitro benzene ring substituents is 1. The summed E-state index contributed by atoms with van der Waals surface area (Å²) in [6, 6.07) is 5.06. The Morgan fingerprint density at radius 1 is 1.52 bits per heavy atom. The number of nitrogens with zero attached hydrogens (tertiary/aromatic N) is 1. The topological polar surface area (TPSA) is 64.4 Å². The molecule has 0 radical (unpaired) electrons. The molecule has 1 aromatic carbocycles. The summed E-state index contributed by atoms with van der Waals surface area (Å²) in [7, 11) is 0. The maximum Gasteiger partial charge on any atom is 0.269 e. The van der Waals surface area contributed by atoms with E-state index in [9.17, 15) is 10.1 Å². The SMILES string of the molecule is CCCNc1ccc([N+](=O)[O-])cc1CSCC1CCCO1. The number of thioether (sulfide) groups is 1. The molecule has 0 amide bonds. The summed E-state index contributed by atoms with van der Waals surface area (Å²) < 4.78 is 5.60. The summed E-state index contributed by atoms with van der Waals surface area (Å²) in [5.41, 5.74) is 2.16. The van der Waals surface area contributed by atoms with Gasteiger partial charge in [-0.1, -0.05) is 6.92 Å². The summed E-state index contributed by atoms with van der Waals surface area (Å²) in [5.74, 6) is 1.73. The molecule has 1 atom stereocenters. The van der Waals surface area contributed by atoms with Crippen LogP contribution < -0.4 is 5.32 Å². The number of hydrogen-bond acceptors (Lipinski definition) is 5. The zero-order chi connectivity index (χ0) is 15.1. The minimum Gasteiger partial charge on any atom is -0.385 e. The van der Waals surface area contributed by atoms with Gasteiger partial charge in [-0.05, 0) is 30.9 Å². The Kier molecular flexibility index (Phi) is 6.32. The van der Waals surface area contributed by atoms with Crippen LogP contribution in [0, 0.1) is 10.1 Å². The minimum absolute atomic E-state index is 0.157. The van der Waals surface area contributed by atoms with E-state index in [0.717, 1.165) is 55.2 Å². The molecule has 1 heterocycles. The molecule has 2 rings (SSSR count). The molecular formula is C15H22N2O3S. The average molecular weight is 310 g/mol. The molecule has 0 aromatic heterocycles. The lowest BCUT2D eigenvalue weighted by molar-refractivity contribution is -0.384. The number of benzene rings is 1. The first kappa shape index (κ1) is 16.1. The number of non-ortho nitro benzene ring substituents is 1. The molecule has 21 heavy (non-hydrogen) atoms. The second-order valence-electron chi connectivity index (χ2n) is 5.18. The third-order valence-electron chi connectivity index (χ3n) is 3.45. The maximum atomic E-state index is 10.9. The van der Waals surface area contributed by atoms with E-state index in [-0.39, 0.29) is 10.6 Å². The Labute approximate surface area is 129 Å². The van der Waals surface area contributed by atoms with Crippen LogP contribution in [0.4, 0.5) is 11.4 Å². The van der Waals surface area contributed by atoms with Crippen LogP contribution in [0.2, 0.25) is 0 Å². The molecule has 1 aliphatic rings. The van der Waals surface area contributed by atoms with Gasteiger partial charge in [0.1, 0.15) is 0 Å². The van der Waals surface area contributed by atoms with Gasteiger partial charge in [-0.15, -0.1) is 0 Å². The average Bonchev–Trinajstić information content (AvgIpc) is 2.99. The van der Waals surface area contributed by atoms with E-state index in [4.69, 9.17) is 4.74 Å². The lowest BCUT2D eigenvalue weighted by atomic mass is 10.1. The van der Waals surface area contributed by atoms with Crippen molar-refractivity contribution in [1.82, 2.24) is 0 Å².